The Morgan fingerprint density at radius 2 is 2.06 bits per heavy atom. The van der Waals surface area contributed by atoms with Gasteiger partial charge in [-0.2, -0.15) is 0 Å². The summed E-state index contributed by atoms with van der Waals surface area (Å²) in [5.74, 6) is 2.05. The Morgan fingerprint density at radius 1 is 1.35 bits per heavy atom. The molecule has 3 rings (SSSR count). The lowest BCUT2D eigenvalue weighted by atomic mass is 10.1. The highest BCUT2D eigenvalue weighted by Gasteiger charge is 2.43. The third-order valence-electron chi connectivity index (χ3n) is 4.33. The van der Waals surface area contributed by atoms with Gasteiger partial charge in [-0.05, 0) is 37.0 Å². The van der Waals surface area contributed by atoms with E-state index in [0.29, 0.717) is 24.8 Å². The van der Waals surface area contributed by atoms with E-state index >= 15 is 0 Å². The zero-order chi connectivity index (χ0) is 12.0. The van der Waals surface area contributed by atoms with E-state index in [-0.39, 0.29) is 17.9 Å². The smallest absolute Gasteiger partial charge is 0.245 e. The van der Waals surface area contributed by atoms with Crippen molar-refractivity contribution in [2.75, 3.05) is 13.1 Å². The fraction of sp³-hybridized carbons (Fsp3) is 0.846. The average Bonchev–Trinajstić information content (AvgIpc) is 3.16. The van der Waals surface area contributed by atoms with Crippen LogP contribution in [0.2, 0.25) is 0 Å². The number of carbonyl (C=O) groups is 2. The van der Waals surface area contributed by atoms with Crippen LogP contribution in [0.4, 0.5) is 0 Å². The molecule has 3 atom stereocenters. The van der Waals surface area contributed by atoms with Crippen molar-refractivity contribution in [1.82, 2.24) is 10.2 Å². The normalized spacial score (nSPS) is 37.7. The number of amides is 2. The van der Waals surface area contributed by atoms with Crippen molar-refractivity contribution in [2.45, 2.75) is 38.6 Å². The van der Waals surface area contributed by atoms with Crippen LogP contribution in [0.1, 0.15) is 32.6 Å². The van der Waals surface area contributed by atoms with Crippen LogP contribution in [0.25, 0.3) is 0 Å². The Balaban J connectivity index is 1.68. The number of hydrogen-bond donors (Lipinski definition) is 1. The standard InChI is InChI=1S/C13H20N2O2/c1-8-6-10(8)7-15-5-4-11(16)14-12(13(15)17)9-2-3-9/h8-10,12H,2-7H2,1H3,(H,14,16). The molecule has 4 heteroatoms. The van der Waals surface area contributed by atoms with Gasteiger partial charge in [-0.3, -0.25) is 9.59 Å². The van der Waals surface area contributed by atoms with E-state index in [1.54, 1.807) is 0 Å². The van der Waals surface area contributed by atoms with Gasteiger partial charge in [-0.15, -0.1) is 0 Å². The molecule has 0 aromatic carbocycles. The summed E-state index contributed by atoms with van der Waals surface area (Å²) in [5.41, 5.74) is 0. The fourth-order valence-corrected chi connectivity index (χ4v) is 2.72. The number of rotatable bonds is 3. The van der Waals surface area contributed by atoms with E-state index < -0.39 is 0 Å². The predicted molar refractivity (Wildman–Crippen MR) is 63.1 cm³/mol. The molecule has 0 radical (unpaired) electrons. The number of hydrogen-bond acceptors (Lipinski definition) is 2. The third kappa shape index (κ3) is 2.31. The molecule has 3 aliphatic rings. The van der Waals surface area contributed by atoms with Crippen molar-refractivity contribution >= 4 is 11.8 Å². The average molecular weight is 236 g/mol. The van der Waals surface area contributed by atoms with Crippen molar-refractivity contribution < 1.29 is 9.59 Å². The van der Waals surface area contributed by atoms with Crippen LogP contribution in [0.3, 0.4) is 0 Å². The molecular formula is C13H20N2O2. The van der Waals surface area contributed by atoms with E-state index in [0.717, 1.165) is 25.3 Å². The van der Waals surface area contributed by atoms with Gasteiger partial charge in [0.05, 0.1) is 0 Å². The van der Waals surface area contributed by atoms with Crippen molar-refractivity contribution in [1.29, 1.82) is 0 Å². The summed E-state index contributed by atoms with van der Waals surface area (Å²) in [4.78, 5) is 25.9. The molecule has 2 amide bonds. The molecular weight excluding hydrogens is 216 g/mol. The maximum Gasteiger partial charge on any atom is 0.245 e. The summed E-state index contributed by atoms with van der Waals surface area (Å²) in [6.07, 6.45) is 3.88. The quantitative estimate of drug-likeness (QED) is 0.787. The molecule has 0 aromatic heterocycles. The summed E-state index contributed by atoms with van der Waals surface area (Å²) in [6, 6.07) is -0.223. The van der Waals surface area contributed by atoms with Crippen molar-refractivity contribution in [2.24, 2.45) is 17.8 Å². The Bertz CT molecular complexity index is 351. The summed E-state index contributed by atoms with van der Waals surface area (Å²) in [7, 11) is 0. The predicted octanol–water partition coefficient (Wildman–Crippen LogP) is 0.769. The lowest BCUT2D eigenvalue weighted by Crippen LogP contribution is -2.46. The highest BCUT2D eigenvalue weighted by molar-refractivity contribution is 5.90. The molecule has 4 nitrogen and oxygen atoms in total. The molecule has 1 aliphatic heterocycles. The van der Waals surface area contributed by atoms with Gasteiger partial charge in [0.15, 0.2) is 0 Å². The van der Waals surface area contributed by atoms with Crippen LogP contribution in [0.5, 0.6) is 0 Å². The van der Waals surface area contributed by atoms with Gasteiger partial charge < -0.3 is 10.2 Å². The van der Waals surface area contributed by atoms with Crippen LogP contribution >= 0.6 is 0 Å². The van der Waals surface area contributed by atoms with E-state index in [2.05, 4.69) is 12.2 Å². The topological polar surface area (TPSA) is 49.4 Å². The largest absolute Gasteiger partial charge is 0.344 e. The van der Waals surface area contributed by atoms with Gasteiger partial charge in [-0.25, -0.2) is 0 Å². The minimum atomic E-state index is -0.223. The zero-order valence-electron chi connectivity index (χ0n) is 10.3. The van der Waals surface area contributed by atoms with Crippen LogP contribution in [-0.2, 0) is 9.59 Å². The maximum atomic E-state index is 12.4. The lowest BCUT2D eigenvalue weighted by molar-refractivity contribution is -0.134. The summed E-state index contributed by atoms with van der Waals surface area (Å²) >= 11 is 0. The van der Waals surface area contributed by atoms with Crippen LogP contribution in [-0.4, -0.2) is 35.8 Å². The number of nitrogens with one attached hydrogen (secondary N) is 1. The van der Waals surface area contributed by atoms with E-state index in [9.17, 15) is 9.59 Å². The SMILES string of the molecule is CC1CC1CN1CCC(=O)NC(C2CC2)C1=O. The first-order chi connectivity index (χ1) is 8.15. The molecule has 1 heterocycles. The molecule has 94 valence electrons. The minimum Gasteiger partial charge on any atom is -0.344 e. The van der Waals surface area contributed by atoms with E-state index in [1.807, 2.05) is 4.90 Å². The highest BCUT2D eigenvalue weighted by Crippen LogP contribution is 2.39. The second kappa shape index (κ2) is 4.00. The van der Waals surface area contributed by atoms with Crippen molar-refractivity contribution in [3.8, 4) is 0 Å². The van der Waals surface area contributed by atoms with Gasteiger partial charge in [0.2, 0.25) is 11.8 Å². The summed E-state index contributed by atoms with van der Waals surface area (Å²) in [6.45, 7) is 3.70. The molecule has 3 fully saturated rings. The van der Waals surface area contributed by atoms with Crippen molar-refractivity contribution in [3.63, 3.8) is 0 Å². The first-order valence-corrected chi connectivity index (χ1v) is 6.73. The summed E-state index contributed by atoms with van der Waals surface area (Å²) < 4.78 is 0. The molecule has 3 unspecified atom stereocenters. The van der Waals surface area contributed by atoms with Gasteiger partial charge >= 0.3 is 0 Å². The first kappa shape index (κ1) is 11.1. The molecule has 17 heavy (non-hydrogen) atoms. The van der Waals surface area contributed by atoms with E-state index in [4.69, 9.17) is 0 Å². The second-order valence-electron chi connectivity index (χ2n) is 5.89. The molecule has 0 spiro atoms. The molecule has 2 saturated carbocycles. The maximum absolute atomic E-state index is 12.4. The molecule has 0 bridgehead atoms. The van der Waals surface area contributed by atoms with Crippen LogP contribution in [0.15, 0.2) is 0 Å². The van der Waals surface area contributed by atoms with Crippen LogP contribution in [0, 0.1) is 17.8 Å². The number of carbonyl (C=O) groups excluding carboxylic acids is 2. The number of nitrogens with zero attached hydrogens (tertiary/aromatic N) is 1. The monoisotopic (exact) mass is 236 g/mol. The van der Waals surface area contributed by atoms with Crippen molar-refractivity contribution in [3.05, 3.63) is 0 Å². The van der Waals surface area contributed by atoms with Gasteiger partial charge in [0.25, 0.3) is 0 Å². The Kier molecular flexibility index (Phi) is 2.60. The van der Waals surface area contributed by atoms with Gasteiger partial charge in [-0.1, -0.05) is 6.92 Å². The fourth-order valence-electron chi connectivity index (χ4n) is 2.72. The minimum absolute atomic E-state index is 0.0431. The zero-order valence-corrected chi connectivity index (χ0v) is 10.3. The third-order valence-corrected chi connectivity index (χ3v) is 4.33. The molecule has 1 saturated heterocycles. The molecule has 2 aliphatic carbocycles. The summed E-state index contributed by atoms with van der Waals surface area (Å²) in [5, 5.41) is 2.90. The Labute approximate surface area is 102 Å². The Morgan fingerprint density at radius 3 is 2.65 bits per heavy atom. The highest BCUT2D eigenvalue weighted by atomic mass is 16.2. The molecule has 0 aromatic rings. The first-order valence-electron chi connectivity index (χ1n) is 6.73. The van der Waals surface area contributed by atoms with E-state index in [1.165, 1.54) is 6.42 Å². The second-order valence-corrected chi connectivity index (χ2v) is 5.89. The molecule has 1 N–H and O–H groups in total. The van der Waals surface area contributed by atoms with Gasteiger partial charge in [0, 0.05) is 19.5 Å². The van der Waals surface area contributed by atoms with Crippen LogP contribution < -0.4 is 5.32 Å². The van der Waals surface area contributed by atoms with Gasteiger partial charge in [0.1, 0.15) is 6.04 Å². The lowest BCUT2D eigenvalue weighted by Gasteiger charge is -2.24. The Hall–Kier alpha value is -1.06.